The Hall–Kier alpha value is -0.160. The molecular formula is C15H26O4. The molecule has 1 heterocycles. The van der Waals surface area contributed by atoms with Crippen molar-refractivity contribution >= 4 is 0 Å². The molecule has 3 aliphatic rings. The molecular weight excluding hydrogens is 244 g/mol. The lowest BCUT2D eigenvalue weighted by atomic mass is 9.53. The van der Waals surface area contributed by atoms with Crippen LogP contribution in [-0.2, 0) is 4.74 Å². The predicted molar refractivity (Wildman–Crippen MR) is 70.3 cm³/mol. The fourth-order valence-electron chi connectivity index (χ4n) is 5.06. The maximum atomic E-state index is 10.7. The summed E-state index contributed by atoms with van der Waals surface area (Å²) in [5.41, 5.74) is -2.42. The van der Waals surface area contributed by atoms with E-state index in [-0.39, 0.29) is 5.92 Å². The van der Waals surface area contributed by atoms with E-state index in [9.17, 15) is 15.3 Å². The smallest absolute Gasteiger partial charge is 0.184 e. The Balaban J connectivity index is 2.04. The first kappa shape index (κ1) is 13.8. The van der Waals surface area contributed by atoms with Crippen molar-refractivity contribution in [3.63, 3.8) is 0 Å². The first-order valence-corrected chi connectivity index (χ1v) is 7.52. The molecule has 0 amide bonds. The molecule has 0 aromatic heterocycles. The van der Waals surface area contributed by atoms with Crippen LogP contribution in [0, 0.1) is 17.8 Å². The van der Waals surface area contributed by atoms with Crippen LogP contribution in [0.25, 0.3) is 0 Å². The molecule has 6 unspecified atom stereocenters. The summed E-state index contributed by atoms with van der Waals surface area (Å²) in [5.74, 6) is 0.728. The highest BCUT2D eigenvalue weighted by molar-refractivity contribution is 5.16. The first-order valence-electron chi connectivity index (χ1n) is 7.52. The zero-order valence-electron chi connectivity index (χ0n) is 12.1. The topological polar surface area (TPSA) is 69.9 Å². The molecule has 2 aliphatic carbocycles. The summed E-state index contributed by atoms with van der Waals surface area (Å²) in [5, 5.41) is 31.4. The minimum absolute atomic E-state index is 0.0126. The van der Waals surface area contributed by atoms with Gasteiger partial charge in [-0.3, -0.25) is 0 Å². The number of hydrogen-bond acceptors (Lipinski definition) is 4. The van der Waals surface area contributed by atoms with Crippen molar-refractivity contribution in [1.29, 1.82) is 0 Å². The van der Waals surface area contributed by atoms with Crippen molar-refractivity contribution in [2.24, 2.45) is 17.8 Å². The summed E-state index contributed by atoms with van der Waals surface area (Å²) >= 11 is 0. The van der Waals surface area contributed by atoms with Gasteiger partial charge >= 0.3 is 0 Å². The second kappa shape index (κ2) is 3.94. The Morgan fingerprint density at radius 2 is 1.84 bits per heavy atom. The Kier molecular flexibility index (Phi) is 2.86. The van der Waals surface area contributed by atoms with Crippen LogP contribution in [-0.4, -0.2) is 38.4 Å². The van der Waals surface area contributed by atoms with Crippen LogP contribution in [0.1, 0.15) is 52.9 Å². The van der Waals surface area contributed by atoms with Gasteiger partial charge in [-0.15, -0.1) is 0 Å². The molecule has 3 fully saturated rings. The van der Waals surface area contributed by atoms with Crippen molar-refractivity contribution < 1.29 is 20.1 Å². The monoisotopic (exact) mass is 270 g/mol. The molecule has 3 N–H and O–H groups in total. The molecule has 4 heteroatoms. The van der Waals surface area contributed by atoms with E-state index >= 15 is 0 Å². The van der Waals surface area contributed by atoms with Gasteiger partial charge in [-0.05, 0) is 44.4 Å². The minimum Gasteiger partial charge on any atom is -0.390 e. The van der Waals surface area contributed by atoms with Crippen molar-refractivity contribution in [3.05, 3.63) is 0 Å². The van der Waals surface area contributed by atoms with Crippen molar-refractivity contribution in [2.75, 3.05) is 0 Å². The molecule has 4 nitrogen and oxygen atoms in total. The van der Waals surface area contributed by atoms with E-state index in [1.807, 2.05) is 6.92 Å². The van der Waals surface area contributed by atoms with E-state index in [1.54, 1.807) is 0 Å². The van der Waals surface area contributed by atoms with Crippen LogP contribution in [0.15, 0.2) is 0 Å². The largest absolute Gasteiger partial charge is 0.390 e. The van der Waals surface area contributed by atoms with Crippen molar-refractivity contribution in [1.82, 2.24) is 0 Å². The van der Waals surface area contributed by atoms with Gasteiger partial charge in [-0.25, -0.2) is 0 Å². The summed E-state index contributed by atoms with van der Waals surface area (Å²) in [6, 6.07) is 0. The van der Waals surface area contributed by atoms with Crippen LogP contribution >= 0.6 is 0 Å². The molecule has 110 valence electrons. The molecule has 19 heavy (non-hydrogen) atoms. The number of fused-ring (bicyclic) bond motifs is 1. The molecule has 1 saturated heterocycles. The highest BCUT2D eigenvalue weighted by Gasteiger charge is 2.68. The number of hydrogen-bond donors (Lipinski definition) is 3. The average molecular weight is 270 g/mol. The highest BCUT2D eigenvalue weighted by atomic mass is 16.6. The predicted octanol–water partition coefficient (Wildman–Crippen LogP) is 1.42. The van der Waals surface area contributed by atoms with E-state index in [0.29, 0.717) is 24.7 Å². The Bertz CT molecular complexity index is 380. The third-order valence-corrected chi connectivity index (χ3v) is 5.97. The number of ether oxygens (including phenoxy) is 1. The lowest BCUT2D eigenvalue weighted by Crippen LogP contribution is -2.61. The second-order valence-corrected chi connectivity index (χ2v) is 7.54. The van der Waals surface area contributed by atoms with Gasteiger partial charge in [-0.2, -0.15) is 0 Å². The van der Waals surface area contributed by atoms with Gasteiger partial charge in [0.2, 0.25) is 0 Å². The number of aliphatic hydroxyl groups is 3. The van der Waals surface area contributed by atoms with Gasteiger partial charge < -0.3 is 20.1 Å². The fraction of sp³-hybridized carbons (Fsp3) is 1.00. The minimum atomic E-state index is -1.11. The Morgan fingerprint density at radius 3 is 2.47 bits per heavy atom. The van der Waals surface area contributed by atoms with Crippen LogP contribution in [0.2, 0.25) is 0 Å². The zero-order valence-corrected chi connectivity index (χ0v) is 12.1. The van der Waals surface area contributed by atoms with Gasteiger partial charge in [0.25, 0.3) is 0 Å². The van der Waals surface area contributed by atoms with E-state index in [4.69, 9.17) is 4.74 Å². The van der Waals surface area contributed by atoms with Gasteiger partial charge in [-0.1, -0.05) is 13.8 Å². The molecule has 1 spiro atoms. The molecule has 0 aromatic rings. The van der Waals surface area contributed by atoms with E-state index in [2.05, 4.69) is 13.8 Å². The molecule has 1 aliphatic heterocycles. The van der Waals surface area contributed by atoms with Gasteiger partial charge in [0, 0.05) is 12.3 Å². The standard InChI is InChI=1S/C15H26O4/c1-9(2)10-4-6-13(3,17)11-5-7-14(18)8-15(10,11)19-12(14)16/h9-12,16-18H,4-8H2,1-3H3. The Morgan fingerprint density at radius 1 is 1.16 bits per heavy atom. The first-order chi connectivity index (χ1) is 8.71. The van der Waals surface area contributed by atoms with Crippen molar-refractivity contribution in [2.45, 2.75) is 76.0 Å². The molecule has 0 radical (unpaired) electrons. The quantitative estimate of drug-likeness (QED) is 0.674. The maximum absolute atomic E-state index is 10.7. The highest BCUT2D eigenvalue weighted by Crippen LogP contribution is 2.61. The average Bonchev–Trinajstić information content (AvgIpc) is 2.44. The molecule has 3 rings (SSSR count). The molecule has 0 aromatic carbocycles. The van der Waals surface area contributed by atoms with E-state index in [1.165, 1.54) is 0 Å². The number of rotatable bonds is 1. The van der Waals surface area contributed by atoms with Crippen LogP contribution in [0.3, 0.4) is 0 Å². The van der Waals surface area contributed by atoms with Gasteiger partial charge in [0.15, 0.2) is 6.29 Å². The molecule has 2 bridgehead atoms. The summed E-state index contributed by atoms with van der Waals surface area (Å²) in [6.45, 7) is 6.21. The second-order valence-electron chi connectivity index (χ2n) is 7.54. The van der Waals surface area contributed by atoms with Gasteiger partial charge in [0.05, 0.1) is 11.2 Å². The fourth-order valence-corrected chi connectivity index (χ4v) is 5.06. The van der Waals surface area contributed by atoms with Crippen molar-refractivity contribution in [3.8, 4) is 0 Å². The van der Waals surface area contributed by atoms with E-state index in [0.717, 1.165) is 19.3 Å². The van der Waals surface area contributed by atoms with E-state index < -0.39 is 23.1 Å². The Labute approximate surface area is 114 Å². The third-order valence-electron chi connectivity index (χ3n) is 5.97. The zero-order chi connectivity index (χ0) is 14.1. The molecule has 6 atom stereocenters. The summed E-state index contributed by atoms with van der Waals surface area (Å²) < 4.78 is 5.93. The number of aliphatic hydroxyl groups excluding tert-OH is 1. The summed E-state index contributed by atoms with van der Waals surface area (Å²) in [4.78, 5) is 0. The lowest BCUT2D eigenvalue weighted by Gasteiger charge is -2.56. The maximum Gasteiger partial charge on any atom is 0.184 e. The van der Waals surface area contributed by atoms with Crippen LogP contribution < -0.4 is 0 Å². The SMILES string of the molecule is CC(C)C1CCC(C)(O)C2CCC3(O)CC12OC3O. The normalized spacial score (nSPS) is 57.3. The third kappa shape index (κ3) is 1.73. The lowest BCUT2D eigenvalue weighted by molar-refractivity contribution is -0.239. The summed E-state index contributed by atoms with van der Waals surface area (Å²) in [7, 11) is 0. The van der Waals surface area contributed by atoms with Crippen LogP contribution in [0.5, 0.6) is 0 Å². The van der Waals surface area contributed by atoms with Crippen LogP contribution in [0.4, 0.5) is 0 Å². The van der Waals surface area contributed by atoms with Gasteiger partial charge in [0.1, 0.15) is 5.60 Å². The molecule has 2 saturated carbocycles. The summed E-state index contributed by atoms with van der Waals surface area (Å²) in [6.07, 6.45) is 2.27.